The van der Waals surface area contributed by atoms with Crippen molar-refractivity contribution in [1.82, 2.24) is 14.5 Å². The third kappa shape index (κ3) is 2.85. The SMILES string of the molecule is CC(C)(C)C1C(=O)N(Cc2ccc(F)c(F)c2)Cc2cncn21. The molecule has 6 heteroatoms. The van der Waals surface area contributed by atoms with Crippen LogP contribution in [-0.2, 0) is 17.9 Å². The molecule has 2 aromatic rings. The Labute approximate surface area is 133 Å². The second-order valence-corrected chi connectivity index (χ2v) is 7.00. The third-order valence-electron chi connectivity index (χ3n) is 4.10. The summed E-state index contributed by atoms with van der Waals surface area (Å²) >= 11 is 0. The lowest BCUT2D eigenvalue weighted by Crippen LogP contribution is -2.46. The number of hydrogen-bond acceptors (Lipinski definition) is 2. The minimum Gasteiger partial charge on any atom is -0.331 e. The summed E-state index contributed by atoms with van der Waals surface area (Å²) in [6, 6.07) is 3.37. The first-order valence-electron chi connectivity index (χ1n) is 7.51. The molecule has 1 aromatic carbocycles. The lowest BCUT2D eigenvalue weighted by molar-refractivity contribution is -0.141. The minimum atomic E-state index is -0.899. The highest BCUT2D eigenvalue weighted by atomic mass is 19.2. The van der Waals surface area contributed by atoms with Gasteiger partial charge in [0.05, 0.1) is 18.6 Å². The first kappa shape index (κ1) is 15.6. The van der Waals surface area contributed by atoms with Gasteiger partial charge in [-0.05, 0) is 23.1 Å². The fraction of sp³-hybridized carbons (Fsp3) is 0.412. The first-order chi connectivity index (χ1) is 10.8. The Hall–Kier alpha value is -2.24. The molecule has 0 spiro atoms. The van der Waals surface area contributed by atoms with Gasteiger partial charge in [-0.2, -0.15) is 0 Å². The summed E-state index contributed by atoms with van der Waals surface area (Å²) < 4.78 is 28.4. The molecule has 122 valence electrons. The van der Waals surface area contributed by atoms with E-state index in [4.69, 9.17) is 0 Å². The molecule has 4 nitrogen and oxygen atoms in total. The van der Waals surface area contributed by atoms with Gasteiger partial charge in [-0.15, -0.1) is 0 Å². The minimum absolute atomic E-state index is 0.0345. The van der Waals surface area contributed by atoms with Crippen LogP contribution < -0.4 is 0 Å². The molecule has 0 saturated heterocycles. The highest BCUT2D eigenvalue weighted by Gasteiger charge is 2.40. The maximum atomic E-state index is 13.4. The molecular weight excluding hydrogens is 300 g/mol. The van der Waals surface area contributed by atoms with Gasteiger partial charge >= 0.3 is 0 Å². The number of nitrogens with zero attached hydrogens (tertiary/aromatic N) is 3. The Morgan fingerprint density at radius 1 is 1.26 bits per heavy atom. The number of carbonyl (C=O) groups excluding carboxylic acids is 1. The van der Waals surface area contributed by atoms with Crippen molar-refractivity contribution in [1.29, 1.82) is 0 Å². The van der Waals surface area contributed by atoms with Gasteiger partial charge < -0.3 is 9.47 Å². The molecule has 0 bridgehead atoms. The topological polar surface area (TPSA) is 38.1 Å². The Bertz CT molecular complexity index is 749. The fourth-order valence-electron chi connectivity index (χ4n) is 3.03. The standard InChI is InChI=1S/C17H19F2N3O/c1-17(2,3)15-16(23)21(9-12-7-20-10-22(12)15)8-11-4-5-13(18)14(19)6-11/h4-7,10,15H,8-9H2,1-3H3. The smallest absolute Gasteiger partial charge is 0.246 e. The van der Waals surface area contributed by atoms with Crippen molar-refractivity contribution < 1.29 is 13.6 Å². The maximum Gasteiger partial charge on any atom is 0.246 e. The highest BCUT2D eigenvalue weighted by Crippen LogP contribution is 2.36. The van der Waals surface area contributed by atoms with E-state index in [-0.39, 0.29) is 23.9 Å². The van der Waals surface area contributed by atoms with Gasteiger partial charge in [-0.25, -0.2) is 13.8 Å². The van der Waals surface area contributed by atoms with E-state index in [1.165, 1.54) is 6.07 Å². The quantitative estimate of drug-likeness (QED) is 0.852. The molecule has 0 saturated carbocycles. The Balaban J connectivity index is 1.92. The number of aromatic nitrogens is 2. The van der Waals surface area contributed by atoms with Crippen molar-refractivity contribution in [2.24, 2.45) is 5.41 Å². The van der Waals surface area contributed by atoms with E-state index in [9.17, 15) is 13.6 Å². The summed E-state index contributed by atoms with van der Waals surface area (Å²) in [6.45, 7) is 6.65. The van der Waals surface area contributed by atoms with Crippen LogP contribution in [0.3, 0.4) is 0 Å². The van der Waals surface area contributed by atoms with Crippen LogP contribution in [0, 0.1) is 17.0 Å². The average Bonchev–Trinajstić information content (AvgIpc) is 2.89. The van der Waals surface area contributed by atoms with Crippen molar-refractivity contribution in [2.45, 2.75) is 39.9 Å². The zero-order chi connectivity index (χ0) is 16.8. The number of hydrogen-bond donors (Lipinski definition) is 0. The highest BCUT2D eigenvalue weighted by molar-refractivity contribution is 5.82. The van der Waals surface area contributed by atoms with Gasteiger partial charge in [-0.3, -0.25) is 4.79 Å². The maximum absolute atomic E-state index is 13.4. The molecule has 3 rings (SSSR count). The monoisotopic (exact) mass is 319 g/mol. The average molecular weight is 319 g/mol. The molecule has 2 heterocycles. The molecular formula is C17H19F2N3O. The number of halogens is 2. The van der Waals surface area contributed by atoms with Crippen molar-refractivity contribution in [2.75, 3.05) is 0 Å². The Kier molecular flexibility index (Phi) is 3.70. The van der Waals surface area contributed by atoms with Gasteiger partial charge in [0.25, 0.3) is 0 Å². The number of amides is 1. The largest absolute Gasteiger partial charge is 0.331 e. The first-order valence-corrected chi connectivity index (χ1v) is 7.51. The fourth-order valence-corrected chi connectivity index (χ4v) is 3.03. The molecule has 23 heavy (non-hydrogen) atoms. The van der Waals surface area contributed by atoms with Crippen molar-refractivity contribution in [3.8, 4) is 0 Å². The zero-order valence-corrected chi connectivity index (χ0v) is 13.4. The lowest BCUT2D eigenvalue weighted by Gasteiger charge is -2.40. The van der Waals surface area contributed by atoms with Crippen LogP contribution in [0.2, 0.25) is 0 Å². The summed E-state index contributed by atoms with van der Waals surface area (Å²) in [6.07, 6.45) is 3.42. The van der Waals surface area contributed by atoms with E-state index in [1.54, 1.807) is 17.4 Å². The molecule has 0 radical (unpaired) electrons. The molecule has 0 N–H and O–H groups in total. The molecule has 0 fully saturated rings. The van der Waals surface area contributed by atoms with Gasteiger partial charge in [0, 0.05) is 12.7 Å². The van der Waals surface area contributed by atoms with Crippen LogP contribution in [0.1, 0.15) is 38.1 Å². The van der Waals surface area contributed by atoms with E-state index >= 15 is 0 Å². The predicted molar refractivity (Wildman–Crippen MR) is 81.3 cm³/mol. The molecule has 1 unspecified atom stereocenters. The summed E-state index contributed by atoms with van der Waals surface area (Å²) in [7, 11) is 0. The number of benzene rings is 1. The third-order valence-corrected chi connectivity index (χ3v) is 4.10. The molecule has 1 aromatic heterocycles. The predicted octanol–water partition coefficient (Wildman–Crippen LogP) is 3.29. The van der Waals surface area contributed by atoms with Gasteiger partial charge in [-0.1, -0.05) is 26.8 Å². The number of fused-ring (bicyclic) bond motifs is 1. The Morgan fingerprint density at radius 2 is 2.00 bits per heavy atom. The van der Waals surface area contributed by atoms with E-state index in [0.717, 1.165) is 17.8 Å². The van der Waals surface area contributed by atoms with Crippen LogP contribution in [0.5, 0.6) is 0 Å². The van der Waals surface area contributed by atoms with Crippen LogP contribution in [0.4, 0.5) is 8.78 Å². The molecule has 1 amide bonds. The second-order valence-electron chi connectivity index (χ2n) is 7.00. The van der Waals surface area contributed by atoms with E-state index < -0.39 is 11.6 Å². The van der Waals surface area contributed by atoms with E-state index in [0.29, 0.717) is 12.1 Å². The Morgan fingerprint density at radius 3 is 2.65 bits per heavy atom. The van der Waals surface area contributed by atoms with E-state index in [1.807, 2.05) is 25.3 Å². The molecule has 1 aliphatic rings. The van der Waals surface area contributed by atoms with Crippen molar-refractivity contribution in [3.63, 3.8) is 0 Å². The summed E-state index contributed by atoms with van der Waals surface area (Å²) in [5.74, 6) is -1.82. The molecule has 1 atom stereocenters. The van der Waals surface area contributed by atoms with Crippen LogP contribution in [-0.4, -0.2) is 20.4 Å². The van der Waals surface area contributed by atoms with E-state index in [2.05, 4.69) is 4.98 Å². The van der Waals surface area contributed by atoms with Gasteiger partial charge in [0.15, 0.2) is 11.6 Å². The summed E-state index contributed by atoms with van der Waals surface area (Å²) in [5.41, 5.74) is 1.23. The van der Waals surface area contributed by atoms with Crippen LogP contribution >= 0.6 is 0 Å². The van der Waals surface area contributed by atoms with Gasteiger partial charge in [0.2, 0.25) is 5.91 Å². The second kappa shape index (κ2) is 5.44. The van der Waals surface area contributed by atoms with Crippen molar-refractivity contribution >= 4 is 5.91 Å². The number of rotatable bonds is 2. The van der Waals surface area contributed by atoms with Gasteiger partial charge in [0.1, 0.15) is 6.04 Å². The number of carbonyl (C=O) groups is 1. The zero-order valence-electron chi connectivity index (χ0n) is 13.4. The number of imidazole rings is 1. The normalized spacial score (nSPS) is 18.2. The van der Waals surface area contributed by atoms with Crippen LogP contribution in [0.15, 0.2) is 30.7 Å². The van der Waals surface area contributed by atoms with Crippen molar-refractivity contribution in [3.05, 3.63) is 53.6 Å². The lowest BCUT2D eigenvalue weighted by atomic mass is 9.84. The summed E-state index contributed by atoms with van der Waals surface area (Å²) in [4.78, 5) is 18.7. The molecule has 1 aliphatic heterocycles. The summed E-state index contributed by atoms with van der Waals surface area (Å²) in [5, 5.41) is 0. The molecule has 0 aliphatic carbocycles. The van der Waals surface area contributed by atoms with Crippen LogP contribution in [0.25, 0.3) is 0 Å².